The first-order valence-corrected chi connectivity index (χ1v) is 10.6. The predicted molar refractivity (Wildman–Crippen MR) is 101 cm³/mol. The number of rotatable bonds is 3. The summed E-state index contributed by atoms with van der Waals surface area (Å²) in [4.78, 5) is 2.44. The van der Waals surface area contributed by atoms with E-state index in [2.05, 4.69) is 4.98 Å². The van der Waals surface area contributed by atoms with E-state index in [0.29, 0.717) is 21.0 Å². The van der Waals surface area contributed by atoms with Crippen LogP contribution in [0.2, 0.25) is 0 Å². The van der Waals surface area contributed by atoms with Gasteiger partial charge in [0.05, 0.1) is 5.52 Å². The van der Waals surface area contributed by atoms with Gasteiger partial charge in [0.1, 0.15) is 22.7 Å². The van der Waals surface area contributed by atoms with Crippen LogP contribution >= 0.6 is 0 Å². The minimum atomic E-state index is -4.70. The molecule has 30 heavy (non-hydrogen) atoms. The number of hydrogen-bond acceptors (Lipinski definition) is 2. The predicted octanol–water partition coefficient (Wildman–Crippen LogP) is 5.14. The Morgan fingerprint density at radius 2 is 1.87 bits per heavy atom. The highest BCUT2D eigenvalue weighted by molar-refractivity contribution is 7.89. The Balaban J connectivity index is 1.90. The molecule has 1 aliphatic rings. The lowest BCUT2D eigenvalue weighted by Crippen LogP contribution is -2.44. The van der Waals surface area contributed by atoms with E-state index in [1.807, 2.05) is 0 Å². The summed E-state index contributed by atoms with van der Waals surface area (Å²) < 4.78 is 94.5. The fourth-order valence-corrected chi connectivity index (χ4v) is 5.69. The highest BCUT2D eigenvalue weighted by Crippen LogP contribution is 2.39. The number of nitrogens with one attached hydrogen (secondary N) is 1. The Hall–Kier alpha value is -2.46. The molecule has 0 unspecified atom stereocenters. The van der Waals surface area contributed by atoms with E-state index in [1.54, 1.807) is 13.0 Å². The van der Waals surface area contributed by atoms with E-state index in [0.717, 1.165) is 6.07 Å². The molecule has 1 N–H and O–H groups in total. The van der Waals surface area contributed by atoms with Crippen molar-refractivity contribution in [3.05, 3.63) is 53.6 Å². The monoisotopic (exact) mass is 444 g/mol. The molecule has 0 radical (unpaired) electrons. The molecule has 1 aromatic heterocycles. The van der Waals surface area contributed by atoms with Crippen LogP contribution in [-0.4, -0.2) is 36.5 Å². The van der Waals surface area contributed by atoms with Gasteiger partial charge in [-0.1, -0.05) is 12.1 Å². The zero-order chi connectivity index (χ0) is 21.8. The lowest BCUT2D eigenvalue weighted by Gasteiger charge is -2.25. The second-order valence-electron chi connectivity index (χ2n) is 7.30. The van der Waals surface area contributed by atoms with Gasteiger partial charge in [-0.2, -0.15) is 17.5 Å². The number of fused-ring (bicyclic) bond motifs is 1. The second-order valence-corrected chi connectivity index (χ2v) is 9.16. The highest BCUT2D eigenvalue weighted by Gasteiger charge is 2.50. The molecule has 1 atom stereocenters. The molecule has 4 rings (SSSR count). The van der Waals surface area contributed by atoms with E-state index < -0.39 is 38.9 Å². The number of aryl methyl sites for hydroxylation is 1. The molecule has 1 aliphatic heterocycles. The van der Waals surface area contributed by atoms with Crippen LogP contribution in [0.5, 0.6) is 0 Å². The number of nitrogens with zero attached hydrogens (tertiary/aromatic N) is 1. The molecule has 10 heteroatoms. The number of benzene rings is 2. The SMILES string of the molecule is Cc1cc(F)c2[nH]c(S(=O)(=O)N3CCC[C@H]3C(F)(F)F)cc2c1-c1cccc(F)c1. The van der Waals surface area contributed by atoms with Crippen molar-refractivity contribution in [1.29, 1.82) is 0 Å². The molecule has 0 saturated carbocycles. The molecule has 0 bridgehead atoms. The summed E-state index contributed by atoms with van der Waals surface area (Å²) in [5, 5.41) is -0.379. The van der Waals surface area contributed by atoms with Crippen molar-refractivity contribution in [2.45, 2.75) is 37.0 Å². The molecule has 0 amide bonds. The Morgan fingerprint density at radius 1 is 1.13 bits per heavy atom. The molecule has 4 nitrogen and oxygen atoms in total. The molecule has 3 aromatic rings. The van der Waals surface area contributed by atoms with Crippen LogP contribution in [0.4, 0.5) is 22.0 Å². The summed E-state index contributed by atoms with van der Waals surface area (Å²) in [5.41, 5.74) is 1.07. The standard InChI is InChI=1S/C20H17F5N2O2S/c1-11-8-15(22)19-14(18(11)12-4-2-5-13(21)9-12)10-17(26-19)30(28,29)27-7-3-6-16(27)20(23,24)25/h2,4-5,8-10,16,26H,3,6-7H2,1H3/t16-/m0/s1. The first-order valence-electron chi connectivity index (χ1n) is 9.16. The molecule has 0 spiro atoms. The minimum absolute atomic E-state index is 0.0750. The van der Waals surface area contributed by atoms with Crippen molar-refractivity contribution in [1.82, 2.24) is 9.29 Å². The molecule has 2 heterocycles. The van der Waals surface area contributed by atoms with Gasteiger partial charge in [0.2, 0.25) is 0 Å². The van der Waals surface area contributed by atoms with E-state index in [9.17, 15) is 30.4 Å². The number of aromatic amines is 1. The van der Waals surface area contributed by atoms with Gasteiger partial charge >= 0.3 is 6.18 Å². The average Bonchev–Trinajstić information content (AvgIpc) is 3.30. The first-order chi connectivity index (χ1) is 14.0. The summed E-state index contributed by atoms with van der Waals surface area (Å²) >= 11 is 0. The van der Waals surface area contributed by atoms with Crippen LogP contribution in [0.15, 0.2) is 41.4 Å². The van der Waals surface area contributed by atoms with E-state index in [1.165, 1.54) is 24.3 Å². The van der Waals surface area contributed by atoms with Crippen LogP contribution in [0.25, 0.3) is 22.0 Å². The summed E-state index contributed by atoms with van der Waals surface area (Å²) in [6.07, 6.45) is -4.96. The van der Waals surface area contributed by atoms with Crippen molar-refractivity contribution >= 4 is 20.9 Å². The second kappa shape index (κ2) is 7.05. The molecule has 160 valence electrons. The molecule has 1 saturated heterocycles. The average molecular weight is 444 g/mol. The largest absolute Gasteiger partial charge is 0.405 e. The van der Waals surface area contributed by atoms with Crippen molar-refractivity contribution in [2.24, 2.45) is 0 Å². The van der Waals surface area contributed by atoms with Gasteiger partial charge < -0.3 is 4.98 Å². The summed E-state index contributed by atoms with van der Waals surface area (Å²) in [6, 6.07) is 5.67. The van der Waals surface area contributed by atoms with Crippen LogP contribution in [0, 0.1) is 18.6 Å². The van der Waals surface area contributed by atoms with Crippen LogP contribution in [-0.2, 0) is 10.0 Å². The summed E-state index contributed by atoms with van der Waals surface area (Å²) in [6.45, 7) is 1.31. The van der Waals surface area contributed by atoms with Crippen LogP contribution < -0.4 is 0 Å². The Bertz CT molecular complexity index is 1230. The number of aromatic nitrogens is 1. The zero-order valence-corrected chi connectivity index (χ0v) is 16.5. The van der Waals surface area contributed by atoms with Crippen molar-refractivity contribution in [3.63, 3.8) is 0 Å². The lowest BCUT2D eigenvalue weighted by atomic mass is 9.96. The molecule has 0 aliphatic carbocycles. The van der Waals surface area contributed by atoms with Crippen molar-refractivity contribution in [3.8, 4) is 11.1 Å². The van der Waals surface area contributed by atoms with Gasteiger partial charge in [-0.25, -0.2) is 17.2 Å². The number of sulfonamides is 1. The highest BCUT2D eigenvalue weighted by atomic mass is 32.2. The number of H-pyrrole nitrogens is 1. The third-order valence-corrected chi connectivity index (χ3v) is 7.15. The molecule has 2 aromatic carbocycles. The number of halogens is 5. The van der Waals surface area contributed by atoms with Crippen LogP contribution in [0.1, 0.15) is 18.4 Å². The van der Waals surface area contributed by atoms with Gasteiger partial charge in [-0.3, -0.25) is 0 Å². The van der Waals surface area contributed by atoms with E-state index in [-0.39, 0.29) is 30.3 Å². The third kappa shape index (κ3) is 3.37. The smallest absolute Gasteiger partial charge is 0.342 e. The Labute approximate surface area is 169 Å². The third-order valence-electron chi connectivity index (χ3n) is 5.32. The molecule has 1 fully saturated rings. The van der Waals surface area contributed by atoms with Crippen molar-refractivity contribution in [2.75, 3.05) is 6.54 Å². The topological polar surface area (TPSA) is 53.2 Å². The molecular formula is C20H17F5N2O2S. The van der Waals surface area contributed by atoms with Crippen molar-refractivity contribution < 1.29 is 30.4 Å². The van der Waals surface area contributed by atoms with Gasteiger partial charge in [-0.15, -0.1) is 0 Å². The van der Waals surface area contributed by atoms with E-state index >= 15 is 0 Å². The minimum Gasteiger partial charge on any atom is -0.342 e. The van der Waals surface area contributed by atoms with Gasteiger partial charge in [0.15, 0.2) is 0 Å². The summed E-state index contributed by atoms with van der Waals surface area (Å²) in [5.74, 6) is -1.28. The van der Waals surface area contributed by atoms with Crippen LogP contribution in [0.3, 0.4) is 0 Å². The lowest BCUT2D eigenvalue weighted by molar-refractivity contribution is -0.165. The maximum absolute atomic E-state index is 14.6. The molecular weight excluding hydrogens is 427 g/mol. The van der Waals surface area contributed by atoms with Gasteiger partial charge in [0.25, 0.3) is 10.0 Å². The maximum Gasteiger partial charge on any atom is 0.405 e. The van der Waals surface area contributed by atoms with Gasteiger partial charge in [0, 0.05) is 11.9 Å². The zero-order valence-electron chi connectivity index (χ0n) is 15.7. The Kier molecular flexibility index (Phi) is 4.89. The quantitative estimate of drug-likeness (QED) is 0.569. The fraction of sp³-hybridized carbons (Fsp3) is 0.300. The number of alkyl halides is 3. The maximum atomic E-state index is 14.6. The normalized spacial score (nSPS) is 18.4. The van der Waals surface area contributed by atoms with Gasteiger partial charge in [-0.05, 0) is 60.7 Å². The Morgan fingerprint density at radius 3 is 2.53 bits per heavy atom. The van der Waals surface area contributed by atoms with E-state index in [4.69, 9.17) is 0 Å². The fourth-order valence-electron chi connectivity index (χ4n) is 4.01. The number of hydrogen-bond donors (Lipinski definition) is 1. The summed E-state index contributed by atoms with van der Waals surface area (Å²) in [7, 11) is -4.55. The first kappa shape index (κ1) is 20.8.